The zero-order valence-corrected chi connectivity index (χ0v) is 10.1. The first-order valence-electron chi connectivity index (χ1n) is 6.46. The van der Waals surface area contributed by atoms with Crippen LogP contribution in [0.4, 0.5) is 8.78 Å². The number of alkyl halides is 2. The molecule has 0 aromatic rings. The second-order valence-electron chi connectivity index (χ2n) is 5.10. The number of carbonyl (C=O) groups excluding carboxylic acids is 1. The first-order chi connectivity index (χ1) is 8.16. The van der Waals surface area contributed by atoms with Crippen molar-refractivity contribution in [3.8, 4) is 0 Å². The highest BCUT2D eigenvalue weighted by Gasteiger charge is 2.29. The van der Waals surface area contributed by atoms with Gasteiger partial charge in [0.2, 0.25) is 0 Å². The van der Waals surface area contributed by atoms with Crippen LogP contribution in [-0.4, -0.2) is 54.9 Å². The van der Waals surface area contributed by atoms with E-state index in [0.717, 1.165) is 32.5 Å². The summed E-state index contributed by atoms with van der Waals surface area (Å²) >= 11 is 0. The fraction of sp³-hybridized carbons (Fsp3) is 0.917. The largest absolute Gasteiger partial charge is 0.337 e. The molecule has 98 valence electrons. The minimum absolute atomic E-state index is 0.379. The van der Waals surface area contributed by atoms with Crippen LogP contribution in [0.5, 0.6) is 0 Å². The maximum Gasteiger partial charge on any atom is 0.315 e. The molecule has 1 atom stereocenters. The molecule has 0 aromatic carbocycles. The predicted octanol–water partition coefficient (Wildman–Crippen LogP) is 1.59. The van der Waals surface area contributed by atoms with Crippen LogP contribution >= 0.6 is 0 Å². The Morgan fingerprint density at radius 2 is 1.88 bits per heavy atom. The number of halogens is 2. The number of nitrogens with zero attached hydrogens (tertiary/aromatic N) is 2. The van der Waals surface area contributed by atoms with Gasteiger partial charge in [-0.2, -0.15) is 8.78 Å². The molecule has 3 nitrogen and oxygen atoms in total. The third-order valence-electron chi connectivity index (χ3n) is 3.73. The maximum absolute atomic E-state index is 12.3. The first kappa shape index (κ1) is 12.7. The molecule has 5 heteroatoms. The number of hydrogen-bond donors (Lipinski definition) is 0. The average Bonchev–Trinajstić information content (AvgIpc) is 2.81. The van der Waals surface area contributed by atoms with Gasteiger partial charge in [-0.25, -0.2) is 0 Å². The number of hydrogen-bond acceptors (Lipinski definition) is 2. The monoisotopic (exact) mass is 246 g/mol. The van der Waals surface area contributed by atoms with Gasteiger partial charge in [-0.05, 0) is 44.7 Å². The minimum Gasteiger partial charge on any atom is -0.337 e. The number of amides is 1. The predicted molar refractivity (Wildman–Crippen MR) is 61.0 cm³/mol. The summed E-state index contributed by atoms with van der Waals surface area (Å²) in [7, 11) is 0. The molecule has 0 spiro atoms. The standard InChI is InChI=1S/C12H20F2N2O/c13-11(14)12(17)16-7-3-4-10(9-16)8-15-5-1-2-6-15/h10-11H,1-9H2/t10-/m0/s1. The van der Waals surface area contributed by atoms with E-state index >= 15 is 0 Å². The van der Waals surface area contributed by atoms with Crippen molar-refractivity contribution in [3.05, 3.63) is 0 Å². The second kappa shape index (κ2) is 5.76. The van der Waals surface area contributed by atoms with Crippen molar-refractivity contribution in [2.45, 2.75) is 32.1 Å². The Morgan fingerprint density at radius 3 is 2.53 bits per heavy atom. The van der Waals surface area contributed by atoms with E-state index in [1.54, 1.807) is 0 Å². The number of carbonyl (C=O) groups is 1. The molecule has 0 aromatic heterocycles. The van der Waals surface area contributed by atoms with E-state index in [1.807, 2.05) is 0 Å². The lowest BCUT2D eigenvalue weighted by Crippen LogP contribution is -2.45. The third-order valence-corrected chi connectivity index (χ3v) is 3.73. The van der Waals surface area contributed by atoms with Crippen molar-refractivity contribution in [3.63, 3.8) is 0 Å². The lowest BCUT2D eigenvalue weighted by molar-refractivity contribution is -0.144. The fourth-order valence-electron chi connectivity index (χ4n) is 2.88. The Labute approximate surface area is 101 Å². The zero-order chi connectivity index (χ0) is 12.3. The van der Waals surface area contributed by atoms with Crippen LogP contribution < -0.4 is 0 Å². The molecule has 2 fully saturated rings. The molecule has 2 saturated heterocycles. The van der Waals surface area contributed by atoms with Crippen molar-refractivity contribution in [1.29, 1.82) is 0 Å². The number of likely N-dealkylation sites (tertiary alicyclic amines) is 2. The second-order valence-corrected chi connectivity index (χ2v) is 5.10. The van der Waals surface area contributed by atoms with Crippen molar-refractivity contribution >= 4 is 5.91 Å². The first-order valence-corrected chi connectivity index (χ1v) is 6.46. The molecular formula is C12H20F2N2O. The molecule has 0 saturated carbocycles. The van der Waals surface area contributed by atoms with E-state index in [9.17, 15) is 13.6 Å². The topological polar surface area (TPSA) is 23.6 Å². The molecule has 17 heavy (non-hydrogen) atoms. The lowest BCUT2D eigenvalue weighted by atomic mass is 9.97. The molecule has 0 bridgehead atoms. The van der Waals surface area contributed by atoms with E-state index in [-0.39, 0.29) is 0 Å². The van der Waals surface area contributed by atoms with Gasteiger partial charge in [0.25, 0.3) is 5.91 Å². The van der Waals surface area contributed by atoms with Crippen molar-refractivity contribution in [2.75, 3.05) is 32.7 Å². The molecule has 0 N–H and O–H groups in total. The highest BCUT2D eigenvalue weighted by atomic mass is 19.3. The van der Waals surface area contributed by atoms with E-state index in [1.165, 1.54) is 17.7 Å². The number of rotatable bonds is 3. The molecule has 2 rings (SSSR count). The highest BCUT2D eigenvalue weighted by molar-refractivity contribution is 5.79. The Bertz CT molecular complexity index is 267. The molecule has 1 amide bonds. The zero-order valence-electron chi connectivity index (χ0n) is 10.1. The van der Waals surface area contributed by atoms with Crippen LogP contribution in [0, 0.1) is 5.92 Å². The third kappa shape index (κ3) is 3.37. The van der Waals surface area contributed by atoms with E-state index in [2.05, 4.69) is 4.90 Å². The van der Waals surface area contributed by atoms with E-state index < -0.39 is 12.3 Å². The van der Waals surface area contributed by atoms with Gasteiger partial charge in [-0.3, -0.25) is 4.79 Å². The van der Waals surface area contributed by atoms with Gasteiger partial charge in [-0.15, -0.1) is 0 Å². The SMILES string of the molecule is O=C(C(F)F)N1CCC[C@@H](CN2CCCC2)C1. The molecule has 2 heterocycles. The van der Waals surface area contributed by atoms with Crippen molar-refractivity contribution in [1.82, 2.24) is 9.80 Å². The van der Waals surface area contributed by atoms with Gasteiger partial charge >= 0.3 is 6.43 Å². The van der Waals surface area contributed by atoms with Gasteiger partial charge in [-0.1, -0.05) is 0 Å². The van der Waals surface area contributed by atoms with Crippen molar-refractivity contribution < 1.29 is 13.6 Å². The van der Waals surface area contributed by atoms with Gasteiger partial charge in [0.15, 0.2) is 0 Å². The van der Waals surface area contributed by atoms with Crippen LogP contribution in [0.15, 0.2) is 0 Å². The Morgan fingerprint density at radius 1 is 1.18 bits per heavy atom. The fourth-order valence-corrected chi connectivity index (χ4v) is 2.88. The summed E-state index contributed by atoms with van der Waals surface area (Å²) in [6.45, 7) is 4.23. The molecule has 0 aliphatic carbocycles. The normalized spacial score (nSPS) is 26.8. The molecular weight excluding hydrogens is 226 g/mol. The highest BCUT2D eigenvalue weighted by Crippen LogP contribution is 2.20. The molecule has 2 aliphatic rings. The van der Waals surface area contributed by atoms with Gasteiger partial charge in [0.1, 0.15) is 0 Å². The smallest absolute Gasteiger partial charge is 0.315 e. The van der Waals surface area contributed by atoms with E-state index in [0.29, 0.717) is 19.0 Å². The summed E-state index contributed by atoms with van der Waals surface area (Å²) in [6, 6.07) is 0. The summed E-state index contributed by atoms with van der Waals surface area (Å²) < 4.78 is 24.7. The van der Waals surface area contributed by atoms with Crippen LogP contribution in [-0.2, 0) is 4.79 Å². The van der Waals surface area contributed by atoms with Crippen LogP contribution in [0.3, 0.4) is 0 Å². The summed E-state index contributed by atoms with van der Waals surface area (Å²) in [5, 5.41) is 0. The molecule has 0 radical (unpaired) electrons. The van der Waals surface area contributed by atoms with E-state index in [4.69, 9.17) is 0 Å². The van der Waals surface area contributed by atoms with Crippen LogP contribution in [0.1, 0.15) is 25.7 Å². The van der Waals surface area contributed by atoms with Crippen LogP contribution in [0.2, 0.25) is 0 Å². The Hall–Kier alpha value is -0.710. The Balaban J connectivity index is 1.81. The summed E-state index contributed by atoms with van der Waals surface area (Å²) in [6.07, 6.45) is 1.56. The van der Waals surface area contributed by atoms with Crippen molar-refractivity contribution in [2.24, 2.45) is 5.92 Å². The van der Waals surface area contributed by atoms with Crippen LogP contribution in [0.25, 0.3) is 0 Å². The van der Waals surface area contributed by atoms with Gasteiger partial charge in [0.05, 0.1) is 0 Å². The van der Waals surface area contributed by atoms with Gasteiger partial charge in [0, 0.05) is 19.6 Å². The average molecular weight is 246 g/mol. The summed E-state index contributed by atoms with van der Waals surface area (Å²) in [5.74, 6) is -0.610. The summed E-state index contributed by atoms with van der Waals surface area (Å²) in [4.78, 5) is 15.0. The minimum atomic E-state index is -2.85. The molecule has 0 unspecified atom stereocenters. The maximum atomic E-state index is 12.3. The van der Waals surface area contributed by atoms with Gasteiger partial charge < -0.3 is 9.80 Å². The molecule has 2 aliphatic heterocycles. The number of piperidine rings is 1. The lowest BCUT2D eigenvalue weighted by Gasteiger charge is -2.34. The Kier molecular flexibility index (Phi) is 4.31. The summed E-state index contributed by atoms with van der Waals surface area (Å²) in [5.41, 5.74) is 0. The quantitative estimate of drug-likeness (QED) is 0.755.